The molecule has 1 saturated heterocycles. The van der Waals surface area contributed by atoms with Crippen molar-refractivity contribution in [3.05, 3.63) is 59.7 Å². The van der Waals surface area contributed by atoms with Crippen LogP contribution in [-0.2, 0) is 6.54 Å². The topological polar surface area (TPSA) is 92.0 Å². The maximum absolute atomic E-state index is 12.7. The zero-order valence-corrected chi connectivity index (χ0v) is 17.4. The quantitative estimate of drug-likeness (QED) is 0.442. The minimum atomic E-state index is -2.86. The minimum absolute atomic E-state index is 0.106. The number of rotatable bonds is 8. The van der Waals surface area contributed by atoms with Gasteiger partial charge in [-0.1, -0.05) is 24.3 Å². The lowest BCUT2D eigenvalue weighted by atomic mass is 10.1. The number of nitrogens with two attached hydrogens (primary N) is 1. The van der Waals surface area contributed by atoms with Crippen LogP contribution in [0.25, 0.3) is 0 Å². The average molecular weight is 431 g/mol. The van der Waals surface area contributed by atoms with Gasteiger partial charge in [0.2, 0.25) is 5.91 Å². The molecule has 0 aromatic heterocycles. The number of para-hydroxylation sites is 2. The number of nitrogens with zero attached hydrogens (tertiary/aromatic N) is 2. The summed E-state index contributed by atoms with van der Waals surface area (Å²) in [6.45, 7) is 1.63. The maximum Gasteiger partial charge on any atom is 0.387 e. The summed E-state index contributed by atoms with van der Waals surface area (Å²) in [6, 6.07) is 13.9. The van der Waals surface area contributed by atoms with Gasteiger partial charge in [-0.25, -0.2) is 4.99 Å². The molecule has 0 radical (unpaired) electrons. The van der Waals surface area contributed by atoms with E-state index in [2.05, 4.69) is 20.4 Å². The number of hydrogen-bond donors (Lipinski definition) is 3. The molecule has 1 heterocycles. The molecule has 31 heavy (non-hydrogen) atoms. The Bertz CT molecular complexity index is 905. The molecule has 0 spiro atoms. The highest BCUT2D eigenvalue weighted by molar-refractivity contribution is 5.92. The zero-order chi connectivity index (χ0) is 22.2. The molecule has 1 aliphatic heterocycles. The van der Waals surface area contributed by atoms with Gasteiger partial charge < -0.3 is 26.0 Å². The van der Waals surface area contributed by atoms with Crippen molar-refractivity contribution < 1.29 is 18.3 Å². The van der Waals surface area contributed by atoms with E-state index < -0.39 is 12.5 Å². The summed E-state index contributed by atoms with van der Waals surface area (Å²) in [4.78, 5) is 17.8. The van der Waals surface area contributed by atoms with Crippen LogP contribution < -0.4 is 26.0 Å². The average Bonchev–Trinajstić information content (AvgIpc) is 3.21. The third-order valence-electron chi connectivity index (χ3n) is 4.95. The first-order valence-electron chi connectivity index (χ1n) is 10.2. The Morgan fingerprint density at radius 2 is 2.00 bits per heavy atom. The second-order valence-corrected chi connectivity index (χ2v) is 7.18. The van der Waals surface area contributed by atoms with Crippen molar-refractivity contribution in [2.45, 2.75) is 32.5 Å². The lowest BCUT2D eigenvalue weighted by Crippen LogP contribution is -2.44. The predicted octanol–water partition coefficient (Wildman–Crippen LogP) is 2.72. The van der Waals surface area contributed by atoms with Crippen molar-refractivity contribution in [2.24, 2.45) is 10.7 Å². The number of carbonyl (C=O) groups excluding carboxylic acids is 1. The molecule has 1 aliphatic rings. The molecule has 0 bridgehead atoms. The zero-order valence-electron chi connectivity index (χ0n) is 17.4. The molecular weight excluding hydrogens is 404 g/mol. The highest BCUT2D eigenvalue weighted by atomic mass is 19.3. The maximum atomic E-state index is 12.7. The molecule has 2 aromatic rings. The van der Waals surface area contributed by atoms with Gasteiger partial charge in [0, 0.05) is 31.2 Å². The fourth-order valence-corrected chi connectivity index (χ4v) is 3.47. The fraction of sp³-hybridized carbons (Fsp3) is 0.364. The van der Waals surface area contributed by atoms with Crippen molar-refractivity contribution >= 4 is 17.6 Å². The first-order valence-corrected chi connectivity index (χ1v) is 10.2. The first kappa shape index (κ1) is 22.3. The van der Waals surface area contributed by atoms with E-state index in [1.54, 1.807) is 30.3 Å². The van der Waals surface area contributed by atoms with Crippen LogP contribution in [0.5, 0.6) is 5.75 Å². The summed E-state index contributed by atoms with van der Waals surface area (Å²) in [7, 11) is 0. The van der Waals surface area contributed by atoms with E-state index in [0.717, 1.165) is 18.5 Å². The summed E-state index contributed by atoms with van der Waals surface area (Å²) in [5, 5.41) is 6.63. The Hall–Kier alpha value is -3.36. The van der Waals surface area contributed by atoms with Gasteiger partial charge in [-0.15, -0.1) is 0 Å². The van der Waals surface area contributed by atoms with Gasteiger partial charge in [0.1, 0.15) is 5.75 Å². The molecule has 166 valence electrons. The Morgan fingerprint density at radius 3 is 2.68 bits per heavy atom. The van der Waals surface area contributed by atoms with E-state index in [1.165, 1.54) is 0 Å². The number of benzene rings is 2. The standard InChI is InChI=1S/C22H27F2N5O2/c1-2-26-22(27-13-15-7-9-16(10-8-15)20(25)30)28-17-11-12-29(14-17)18-5-3-4-6-19(18)31-21(23)24/h3-10,17,21H,2,11-14H2,1H3,(H2,25,30)(H2,26,27,28). The largest absolute Gasteiger partial charge is 0.433 e. The van der Waals surface area contributed by atoms with Gasteiger partial charge in [0.25, 0.3) is 0 Å². The molecule has 7 nitrogen and oxygen atoms in total. The summed E-state index contributed by atoms with van der Waals surface area (Å²) >= 11 is 0. The Labute approximate surface area is 180 Å². The summed E-state index contributed by atoms with van der Waals surface area (Å²) in [5.41, 5.74) is 7.33. The molecule has 1 atom stereocenters. The van der Waals surface area contributed by atoms with Gasteiger partial charge in [0.05, 0.1) is 12.2 Å². The number of aliphatic imine (C=N–C) groups is 1. The van der Waals surface area contributed by atoms with Crippen LogP contribution in [0.1, 0.15) is 29.3 Å². The van der Waals surface area contributed by atoms with Gasteiger partial charge in [0.15, 0.2) is 5.96 Å². The van der Waals surface area contributed by atoms with Crippen LogP contribution in [0.4, 0.5) is 14.5 Å². The van der Waals surface area contributed by atoms with E-state index in [9.17, 15) is 13.6 Å². The van der Waals surface area contributed by atoms with E-state index in [4.69, 9.17) is 5.73 Å². The SMILES string of the molecule is CCNC(=NCc1ccc(C(N)=O)cc1)NC1CCN(c2ccccc2OC(F)F)C1. The van der Waals surface area contributed by atoms with Crippen LogP contribution in [0.2, 0.25) is 0 Å². The number of anilines is 1. The Kier molecular flexibility index (Phi) is 7.64. The van der Waals surface area contributed by atoms with E-state index >= 15 is 0 Å². The van der Waals surface area contributed by atoms with Crippen molar-refractivity contribution in [3.8, 4) is 5.75 Å². The molecule has 3 rings (SSSR count). The van der Waals surface area contributed by atoms with Crippen molar-refractivity contribution in [1.29, 1.82) is 0 Å². The van der Waals surface area contributed by atoms with Crippen molar-refractivity contribution in [3.63, 3.8) is 0 Å². The summed E-state index contributed by atoms with van der Waals surface area (Å²) < 4.78 is 30.1. The third-order valence-corrected chi connectivity index (χ3v) is 4.95. The number of carbonyl (C=O) groups is 1. The smallest absolute Gasteiger partial charge is 0.387 e. The molecule has 1 fully saturated rings. The van der Waals surface area contributed by atoms with Crippen LogP contribution in [0.15, 0.2) is 53.5 Å². The summed E-state index contributed by atoms with van der Waals surface area (Å²) in [5.74, 6) is 0.389. The monoisotopic (exact) mass is 431 g/mol. The highest BCUT2D eigenvalue weighted by Gasteiger charge is 2.26. The highest BCUT2D eigenvalue weighted by Crippen LogP contribution is 2.31. The molecule has 4 N–H and O–H groups in total. The molecular formula is C22H27F2N5O2. The van der Waals surface area contributed by atoms with E-state index in [1.807, 2.05) is 30.0 Å². The van der Waals surface area contributed by atoms with Crippen molar-refractivity contribution in [2.75, 3.05) is 24.5 Å². The predicted molar refractivity (Wildman–Crippen MR) is 117 cm³/mol. The molecule has 2 aromatic carbocycles. The number of alkyl halides is 2. The van der Waals surface area contributed by atoms with Gasteiger partial charge in [-0.2, -0.15) is 8.78 Å². The molecule has 1 unspecified atom stereocenters. The number of ether oxygens (including phenoxy) is 1. The Morgan fingerprint density at radius 1 is 1.26 bits per heavy atom. The minimum Gasteiger partial charge on any atom is -0.433 e. The molecule has 1 amide bonds. The van der Waals surface area contributed by atoms with Gasteiger partial charge in [-0.3, -0.25) is 4.79 Å². The van der Waals surface area contributed by atoms with Crippen LogP contribution in [0, 0.1) is 0 Å². The summed E-state index contributed by atoms with van der Waals surface area (Å²) in [6.07, 6.45) is 0.834. The number of amides is 1. The fourth-order valence-electron chi connectivity index (χ4n) is 3.47. The number of hydrogen-bond acceptors (Lipinski definition) is 4. The Balaban J connectivity index is 1.62. The number of nitrogens with one attached hydrogen (secondary N) is 2. The van der Waals surface area contributed by atoms with Crippen LogP contribution in [-0.4, -0.2) is 44.2 Å². The molecule has 0 saturated carbocycles. The van der Waals surface area contributed by atoms with Crippen LogP contribution in [0.3, 0.4) is 0 Å². The number of primary amides is 1. The molecule has 9 heteroatoms. The lowest BCUT2D eigenvalue weighted by Gasteiger charge is -2.22. The lowest BCUT2D eigenvalue weighted by molar-refractivity contribution is -0.0495. The second kappa shape index (κ2) is 10.6. The van der Waals surface area contributed by atoms with Gasteiger partial charge >= 0.3 is 6.61 Å². The van der Waals surface area contributed by atoms with Crippen LogP contribution >= 0.6 is 0 Å². The second-order valence-electron chi connectivity index (χ2n) is 7.18. The normalized spacial score (nSPS) is 16.5. The third kappa shape index (κ3) is 6.31. The van der Waals surface area contributed by atoms with E-state index in [-0.39, 0.29) is 11.8 Å². The number of guanidine groups is 1. The van der Waals surface area contributed by atoms with E-state index in [0.29, 0.717) is 36.8 Å². The number of halogens is 2. The van der Waals surface area contributed by atoms with Gasteiger partial charge in [-0.05, 0) is 43.2 Å². The first-order chi connectivity index (χ1) is 15.0. The molecule has 0 aliphatic carbocycles. The van der Waals surface area contributed by atoms with Crippen molar-refractivity contribution in [1.82, 2.24) is 10.6 Å².